The Kier molecular flexibility index (Phi) is 5.59. The fourth-order valence-corrected chi connectivity index (χ4v) is 2.97. The fourth-order valence-electron chi connectivity index (χ4n) is 2.97. The highest BCUT2D eigenvalue weighted by atomic mass is 19.1. The van der Waals surface area contributed by atoms with Crippen molar-refractivity contribution < 1.29 is 9.13 Å². The van der Waals surface area contributed by atoms with Gasteiger partial charge in [-0.1, -0.05) is 6.07 Å². The lowest BCUT2D eigenvalue weighted by atomic mass is 10.1. The summed E-state index contributed by atoms with van der Waals surface area (Å²) in [5.74, 6) is 0.779. The third-order valence-corrected chi connectivity index (χ3v) is 4.15. The second-order valence-electron chi connectivity index (χ2n) is 5.91. The molecule has 2 heterocycles. The van der Waals surface area contributed by atoms with Crippen LogP contribution in [0.1, 0.15) is 25.3 Å². The van der Waals surface area contributed by atoms with Crippen LogP contribution in [0.25, 0.3) is 0 Å². The second kappa shape index (κ2) is 8.06. The van der Waals surface area contributed by atoms with Crippen molar-refractivity contribution in [2.45, 2.75) is 32.4 Å². The van der Waals surface area contributed by atoms with Crippen LogP contribution in [-0.4, -0.2) is 35.7 Å². The first-order valence-corrected chi connectivity index (χ1v) is 8.43. The molecule has 0 radical (unpaired) electrons. The lowest BCUT2D eigenvalue weighted by molar-refractivity contribution is 0.321. The second-order valence-corrected chi connectivity index (χ2v) is 5.91. The molecule has 0 amide bonds. The van der Waals surface area contributed by atoms with E-state index in [2.05, 4.69) is 20.2 Å². The molecule has 1 aromatic heterocycles. The van der Waals surface area contributed by atoms with Crippen LogP contribution in [0.15, 0.2) is 36.7 Å². The van der Waals surface area contributed by atoms with Crippen LogP contribution in [0.5, 0.6) is 5.75 Å². The average Bonchev–Trinajstić information content (AvgIpc) is 2.63. The van der Waals surface area contributed by atoms with E-state index in [0.717, 1.165) is 37.4 Å². The quantitative estimate of drug-likeness (QED) is 0.883. The number of rotatable bonds is 6. The van der Waals surface area contributed by atoms with Crippen molar-refractivity contribution in [3.05, 3.63) is 48.0 Å². The van der Waals surface area contributed by atoms with Gasteiger partial charge in [-0.2, -0.15) is 0 Å². The van der Waals surface area contributed by atoms with E-state index in [-0.39, 0.29) is 5.82 Å². The summed E-state index contributed by atoms with van der Waals surface area (Å²) in [6.45, 7) is 4.79. The van der Waals surface area contributed by atoms with Crippen molar-refractivity contribution in [3.63, 3.8) is 0 Å². The minimum atomic E-state index is -0.306. The van der Waals surface area contributed by atoms with Crippen molar-refractivity contribution in [1.82, 2.24) is 15.3 Å². The van der Waals surface area contributed by atoms with E-state index in [4.69, 9.17) is 4.74 Å². The molecule has 1 saturated heterocycles. The number of hydrogen-bond donors (Lipinski definition) is 1. The highest BCUT2D eigenvalue weighted by molar-refractivity contribution is 5.31. The minimum Gasteiger partial charge on any atom is -0.491 e. The molecule has 0 bridgehead atoms. The summed E-state index contributed by atoms with van der Waals surface area (Å²) in [6, 6.07) is 7.31. The molecular weight excluding hydrogens is 307 g/mol. The summed E-state index contributed by atoms with van der Waals surface area (Å²) < 4.78 is 19.1. The lowest BCUT2D eigenvalue weighted by Gasteiger charge is -2.33. The number of ether oxygens (including phenoxy) is 1. The number of halogens is 1. The lowest BCUT2D eigenvalue weighted by Crippen LogP contribution is -2.46. The molecule has 1 aliphatic rings. The summed E-state index contributed by atoms with van der Waals surface area (Å²) in [5, 5.41) is 3.51. The number of benzene rings is 1. The zero-order chi connectivity index (χ0) is 16.8. The summed E-state index contributed by atoms with van der Waals surface area (Å²) in [6.07, 6.45) is 5.72. The Morgan fingerprint density at radius 1 is 1.33 bits per heavy atom. The third kappa shape index (κ3) is 4.20. The van der Waals surface area contributed by atoms with Crippen LogP contribution in [0.3, 0.4) is 0 Å². The molecule has 0 spiro atoms. The number of nitrogens with zero attached hydrogens (tertiary/aromatic N) is 3. The van der Waals surface area contributed by atoms with Crippen molar-refractivity contribution in [1.29, 1.82) is 0 Å². The number of anilines is 1. The molecule has 3 rings (SSSR count). The standard InChI is InChI=1S/C18H23FN4O/c1-2-24-17-7-6-14(11-16(17)19)12-22-15-5-3-10-23(13-15)18-20-8-4-9-21-18/h4,6-9,11,15,22H,2-3,5,10,12-13H2,1H3/t15-/m1/s1. The van der Waals surface area contributed by atoms with Gasteiger partial charge in [-0.25, -0.2) is 14.4 Å². The molecule has 2 aromatic rings. The molecule has 1 aromatic carbocycles. The van der Waals surface area contributed by atoms with E-state index in [1.54, 1.807) is 24.5 Å². The van der Waals surface area contributed by atoms with Crippen LogP contribution in [0.2, 0.25) is 0 Å². The van der Waals surface area contributed by atoms with Gasteiger partial charge in [-0.05, 0) is 43.5 Å². The van der Waals surface area contributed by atoms with Gasteiger partial charge in [-0.15, -0.1) is 0 Å². The van der Waals surface area contributed by atoms with Gasteiger partial charge in [0.2, 0.25) is 5.95 Å². The first-order chi connectivity index (χ1) is 11.8. The maximum atomic E-state index is 13.9. The Bertz CT molecular complexity index is 653. The topological polar surface area (TPSA) is 50.3 Å². The van der Waals surface area contributed by atoms with Crippen molar-refractivity contribution in [3.8, 4) is 5.75 Å². The first-order valence-electron chi connectivity index (χ1n) is 8.43. The molecule has 1 atom stereocenters. The smallest absolute Gasteiger partial charge is 0.225 e. The van der Waals surface area contributed by atoms with Crippen molar-refractivity contribution in [2.24, 2.45) is 0 Å². The van der Waals surface area contributed by atoms with Crippen LogP contribution in [-0.2, 0) is 6.54 Å². The van der Waals surface area contributed by atoms with Crippen molar-refractivity contribution >= 4 is 5.95 Å². The zero-order valence-corrected chi connectivity index (χ0v) is 13.9. The first kappa shape index (κ1) is 16.6. The van der Waals surface area contributed by atoms with Crippen LogP contribution in [0, 0.1) is 5.82 Å². The number of hydrogen-bond acceptors (Lipinski definition) is 5. The van der Waals surface area contributed by atoms with E-state index < -0.39 is 0 Å². The number of nitrogens with one attached hydrogen (secondary N) is 1. The fraction of sp³-hybridized carbons (Fsp3) is 0.444. The van der Waals surface area contributed by atoms with Gasteiger partial charge in [0.15, 0.2) is 11.6 Å². The van der Waals surface area contributed by atoms with E-state index in [0.29, 0.717) is 24.9 Å². The third-order valence-electron chi connectivity index (χ3n) is 4.15. The Hall–Kier alpha value is -2.21. The van der Waals surface area contributed by atoms with Gasteiger partial charge >= 0.3 is 0 Å². The molecule has 0 saturated carbocycles. The van der Waals surface area contributed by atoms with Gasteiger partial charge < -0.3 is 15.0 Å². The molecule has 128 valence electrons. The molecule has 1 aliphatic heterocycles. The van der Waals surface area contributed by atoms with Crippen molar-refractivity contribution in [2.75, 3.05) is 24.6 Å². The summed E-state index contributed by atoms with van der Waals surface area (Å²) in [5.41, 5.74) is 0.920. The van der Waals surface area contributed by atoms with Gasteiger partial charge in [0.05, 0.1) is 6.61 Å². The van der Waals surface area contributed by atoms with Crippen LogP contribution >= 0.6 is 0 Å². The van der Waals surface area contributed by atoms with E-state index in [9.17, 15) is 4.39 Å². The monoisotopic (exact) mass is 330 g/mol. The van der Waals surface area contributed by atoms with E-state index in [1.807, 2.05) is 19.1 Å². The molecule has 24 heavy (non-hydrogen) atoms. The predicted octanol–water partition coefficient (Wildman–Crippen LogP) is 2.77. The van der Waals surface area contributed by atoms with E-state index in [1.165, 1.54) is 0 Å². The summed E-state index contributed by atoms with van der Waals surface area (Å²) in [7, 11) is 0. The minimum absolute atomic E-state index is 0.306. The SMILES string of the molecule is CCOc1ccc(CN[C@@H]2CCCN(c3ncccn3)C2)cc1F. The Labute approximate surface area is 141 Å². The molecule has 1 fully saturated rings. The van der Waals surface area contributed by atoms with Gasteiger partial charge in [-0.3, -0.25) is 0 Å². The van der Waals surface area contributed by atoms with Gasteiger partial charge in [0.1, 0.15) is 0 Å². The van der Waals surface area contributed by atoms with Crippen LogP contribution in [0.4, 0.5) is 10.3 Å². The Balaban J connectivity index is 1.55. The number of aromatic nitrogens is 2. The van der Waals surface area contributed by atoms with Gasteiger partial charge in [0, 0.05) is 38.1 Å². The predicted molar refractivity (Wildman–Crippen MR) is 91.7 cm³/mol. The Morgan fingerprint density at radius 3 is 2.92 bits per heavy atom. The number of piperidine rings is 1. The van der Waals surface area contributed by atoms with E-state index >= 15 is 0 Å². The molecule has 0 unspecified atom stereocenters. The largest absolute Gasteiger partial charge is 0.491 e. The highest BCUT2D eigenvalue weighted by Crippen LogP contribution is 2.19. The maximum absolute atomic E-state index is 13.9. The Morgan fingerprint density at radius 2 is 2.17 bits per heavy atom. The van der Waals surface area contributed by atoms with Gasteiger partial charge in [0.25, 0.3) is 0 Å². The average molecular weight is 330 g/mol. The molecule has 5 nitrogen and oxygen atoms in total. The van der Waals surface area contributed by atoms with Crippen LogP contribution < -0.4 is 15.0 Å². The maximum Gasteiger partial charge on any atom is 0.225 e. The summed E-state index contributed by atoms with van der Waals surface area (Å²) in [4.78, 5) is 10.8. The normalized spacial score (nSPS) is 17.8. The summed E-state index contributed by atoms with van der Waals surface area (Å²) >= 11 is 0. The molecule has 0 aliphatic carbocycles. The zero-order valence-electron chi connectivity index (χ0n) is 13.9. The molecule has 1 N–H and O–H groups in total. The molecular formula is C18H23FN4O. The molecule has 6 heteroatoms. The highest BCUT2D eigenvalue weighted by Gasteiger charge is 2.21.